The molecule has 0 spiro atoms. The standard InChI is InChI=1S/C22H18N6O2/c1-11-4-5-18(30-3)12(2)19(11)16-10-27-21-14(15(16)7-23)6-17(28-21)13-8-25-22(20(24)29)26-9-13/h4-6,8-10H,1-3H3,(H2,24,29)(H,27,28). The van der Waals surface area contributed by atoms with E-state index < -0.39 is 5.91 Å². The maximum Gasteiger partial charge on any atom is 0.286 e. The number of carbonyl (C=O) groups is 1. The van der Waals surface area contributed by atoms with Crippen LogP contribution < -0.4 is 10.5 Å². The number of pyridine rings is 1. The molecular formula is C22H18N6O2. The van der Waals surface area contributed by atoms with E-state index in [1.54, 1.807) is 13.3 Å². The Morgan fingerprint density at radius 3 is 2.53 bits per heavy atom. The molecule has 8 nitrogen and oxygen atoms in total. The molecule has 0 aliphatic rings. The van der Waals surface area contributed by atoms with E-state index in [0.717, 1.165) is 28.0 Å². The fraction of sp³-hybridized carbons (Fsp3) is 0.136. The lowest BCUT2D eigenvalue weighted by Crippen LogP contribution is -2.14. The van der Waals surface area contributed by atoms with Crippen molar-refractivity contribution in [3.63, 3.8) is 0 Å². The number of H-pyrrole nitrogens is 1. The van der Waals surface area contributed by atoms with Gasteiger partial charge in [-0.3, -0.25) is 4.79 Å². The third-order valence-corrected chi connectivity index (χ3v) is 5.07. The van der Waals surface area contributed by atoms with Crippen LogP contribution in [0.4, 0.5) is 0 Å². The molecule has 4 rings (SSSR count). The summed E-state index contributed by atoms with van der Waals surface area (Å²) >= 11 is 0. The smallest absolute Gasteiger partial charge is 0.286 e. The van der Waals surface area contributed by atoms with E-state index in [4.69, 9.17) is 10.5 Å². The molecule has 0 fully saturated rings. The highest BCUT2D eigenvalue weighted by Crippen LogP contribution is 2.37. The molecule has 0 saturated heterocycles. The van der Waals surface area contributed by atoms with Crippen LogP contribution in [0.1, 0.15) is 27.3 Å². The largest absolute Gasteiger partial charge is 0.496 e. The SMILES string of the molecule is COc1ccc(C)c(-c2cnc3[nH]c(-c4cnc(C(N)=O)nc4)cc3c2C#N)c1C. The fourth-order valence-electron chi connectivity index (χ4n) is 3.60. The Labute approximate surface area is 172 Å². The van der Waals surface area contributed by atoms with Gasteiger partial charge in [0, 0.05) is 35.1 Å². The van der Waals surface area contributed by atoms with Crippen LogP contribution in [-0.2, 0) is 0 Å². The van der Waals surface area contributed by atoms with Crippen LogP contribution in [0.5, 0.6) is 5.75 Å². The molecule has 3 N–H and O–H groups in total. The summed E-state index contributed by atoms with van der Waals surface area (Å²) in [4.78, 5) is 26.8. The van der Waals surface area contributed by atoms with Crippen LogP contribution >= 0.6 is 0 Å². The molecule has 1 aromatic carbocycles. The minimum atomic E-state index is -0.694. The number of benzene rings is 1. The predicted molar refractivity (Wildman–Crippen MR) is 112 cm³/mol. The molecule has 0 aliphatic carbocycles. The highest BCUT2D eigenvalue weighted by atomic mass is 16.5. The summed E-state index contributed by atoms with van der Waals surface area (Å²) in [6, 6.07) is 8.03. The number of hydrogen-bond donors (Lipinski definition) is 2. The zero-order chi connectivity index (χ0) is 21.4. The van der Waals surface area contributed by atoms with Gasteiger partial charge in [0.1, 0.15) is 17.5 Å². The molecule has 1 amide bonds. The number of nitrogens with one attached hydrogen (secondary N) is 1. The lowest BCUT2D eigenvalue weighted by molar-refractivity contribution is 0.0990. The molecule has 30 heavy (non-hydrogen) atoms. The lowest BCUT2D eigenvalue weighted by atomic mass is 9.92. The van der Waals surface area contributed by atoms with Crippen molar-refractivity contribution in [2.24, 2.45) is 5.73 Å². The van der Waals surface area contributed by atoms with Crippen LogP contribution in [0.25, 0.3) is 33.4 Å². The highest BCUT2D eigenvalue weighted by Gasteiger charge is 2.18. The van der Waals surface area contributed by atoms with Crippen LogP contribution in [0.3, 0.4) is 0 Å². The van der Waals surface area contributed by atoms with Gasteiger partial charge in [-0.15, -0.1) is 0 Å². The number of aryl methyl sites for hydroxylation is 1. The van der Waals surface area contributed by atoms with E-state index in [2.05, 4.69) is 26.0 Å². The van der Waals surface area contributed by atoms with E-state index in [1.165, 1.54) is 12.4 Å². The van der Waals surface area contributed by atoms with Gasteiger partial charge in [-0.2, -0.15) is 5.26 Å². The summed E-state index contributed by atoms with van der Waals surface area (Å²) < 4.78 is 5.46. The zero-order valence-electron chi connectivity index (χ0n) is 16.6. The topological polar surface area (TPSA) is 131 Å². The van der Waals surface area contributed by atoms with E-state index in [9.17, 15) is 10.1 Å². The first kappa shape index (κ1) is 19.1. The number of aromatic amines is 1. The van der Waals surface area contributed by atoms with Crippen molar-refractivity contribution in [2.45, 2.75) is 13.8 Å². The van der Waals surface area contributed by atoms with Gasteiger partial charge >= 0.3 is 0 Å². The molecule has 0 radical (unpaired) electrons. The molecule has 0 saturated carbocycles. The maximum absolute atomic E-state index is 11.2. The number of aromatic nitrogens is 4. The van der Waals surface area contributed by atoms with Gasteiger partial charge in [-0.05, 0) is 42.7 Å². The van der Waals surface area contributed by atoms with Gasteiger partial charge in [0.2, 0.25) is 5.82 Å². The number of fused-ring (bicyclic) bond motifs is 1. The second-order valence-electron chi connectivity index (χ2n) is 6.85. The Morgan fingerprint density at radius 1 is 1.17 bits per heavy atom. The van der Waals surface area contributed by atoms with E-state index in [1.807, 2.05) is 32.0 Å². The third-order valence-electron chi connectivity index (χ3n) is 5.07. The summed E-state index contributed by atoms with van der Waals surface area (Å²) in [7, 11) is 1.62. The quantitative estimate of drug-likeness (QED) is 0.542. The number of carbonyl (C=O) groups excluding carboxylic acids is 1. The lowest BCUT2D eigenvalue weighted by Gasteiger charge is -2.15. The number of primary amides is 1. The first-order chi connectivity index (χ1) is 14.4. The highest BCUT2D eigenvalue weighted by molar-refractivity contribution is 5.94. The number of nitriles is 1. The number of methoxy groups -OCH3 is 1. The zero-order valence-corrected chi connectivity index (χ0v) is 16.6. The molecule has 0 unspecified atom stereocenters. The first-order valence-electron chi connectivity index (χ1n) is 9.13. The normalized spacial score (nSPS) is 10.7. The molecule has 3 aromatic heterocycles. The number of amides is 1. The predicted octanol–water partition coefficient (Wildman–Crippen LogP) is 3.28. The molecule has 8 heteroatoms. The van der Waals surface area contributed by atoms with Gasteiger partial charge < -0.3 is 15.5 Å². The Morgan fingerprint density at radius 2 is 1.90 bits per heavy atom. The first-order valence-corrected chi connectivity index (χ1v) is 9.13. The molecule has 148 valence electrons. The summed E-state index contributed by atoms with van der Waals surface area (Å²) in [5.41, 5.74) is 11.2. The molecule has 4 aromatic rings. The minimum Gasteiger partial charge on any atom is -0.496 e. The van der Waals surface area contributed by atoms with Gasteiger partial charge in [0.15, 0.2) is 0 Å². The maximum atomic E-state index is 11.2. The Balaban J connectivity index is 1.90. The van der Waals surface area contributed by atoms with E-state index in [-0.39, 0.29) is 5.82 Å². The van der Waals surface area contributed by atoms with Crippen molar-refractivity contribution in [1.29, 1.82) is 5.26 Å². The summed E-state index contributed by atoms with van der Waals surface area (Å²) in [5, 5.41) is 10.7. The minimum absolute atomic E-state index is 0.0584. The Kier molecular flexibility index (Phi) is 4.64. The van der Waals surface area contributed by atoms with Gasteiger partial charge in [0.25, 0.3) is 5.91 Å². The summed E-state index contributed by atoms with van der Waals surface area (Å²) in [6.07, 6.45) is 4.70. The summed E-state index contributed by atoms with van der Waals surface area (Å²) in [6.45, 7) is 3.96. The molecule has 0 atom stereocenters. The van der Waals surface area contributed by atoms with Crippen LogP contribution in [0, 0.1) is 25.2 Å². The Hall–Kier alpha value is -4.25. The molecular weight excluding hydrogens is 380 g/mol. The van der Waals surface area contributed by atoms with Crippen molar-refractivity contribution in [3.05, 3.63) is 59.3 Å². The fourth-order valence-corrected chi connectivity index (χ4v) is 3.60. The third kappa shape index (κ3) is 3.02. The average Bonchev–Trinajstić information content (AvgIpc) is 3.18. The van der Waals surface area contributed by atoms with Crippen LogP contribution in [0.15, 0.2) is 36.8 Å². The van der Waals surface area contributed by atoms with E-state index in [0.29, 0.717) is 27.9 Å². The van der Waals surface area contributed by atoms with Crippen molar-refractivity contribution >= 4 is 16.9 Å². The van der Waals surface area contributed by atoms with Gasteiger partial charge in [-0.25, -0.2) is 15.0 Å². The van der Waals surface area contributed by atoms with Crippen molar-refractivity contribution in [1.82, 2.24) is 19.9 Å². The number of nitrogens with two attached hydrogens (primary N) is 1. The number of rotatable bonds is 4. The van der Waals surface area contributed by atoms with Crippen molar-refractivity contribution in [2.75, 3.05) is 7.11 Å². The van der Waals surface area contributed by atoms with E-state index >= 15 is 0 Å². The number of hydrogen-bond acceptors (Lipinski definition) is 6. The Bertz CT molecular complexity index is 1330. The van der Waals surface area contributed by atoms with Gasteiger partial charge in [0.05, 0.1) is 18.4 Å². The summed E-state index contributed by atoms with van der Waals surface area (Å²) in [5.74, 6) is -0.00158. The van der Waals surface area contributed by atoms with Crippen molar-refractivity contribution in [3.8, 4) is 34.2 Å². The van der Waals surface area contributed by atoms with Gasteiger partial charge in [-0.1, -0.05) is 6.07 Å². The molecule has 3 heterocycles. The monoisotopic (exact) mass is 398 g/mol. The van der Waals surface area contributed by atoms with Crippen molar-refractivity contribution < 1.29 is 9.53 Å². The molecule has 0 bridgehead atoms. The number of ether oxygens (including phenoxy) is 1. The second kappa shape index (κ2) is 7.29. The van der Waals surface area contributed by atoms with Crippen LogP contribution in [-0.4, -0.2) is 33.0 Å². The number of nitrogens with zero attached hydrogens (tertiary/aromatic N) is 4. The molecule has 0 aliphatic heterocycles. The second-order valence-corrected chi connectivity index (χ2v) is 6.85. The van der Waals surface area contributed by atoms with Crippen LogP contribution in [0.2, 0.25) is 0 Å². The average molecular weight is 398 g/mol.